The molecule has 0 aliphatic carbocycles. The summed E-state index contributed by atoms with van der Waals surface area (Å²) in [4.78, 5) is 15.6. The van der Waals surface area contributed by atoms with Gasteiger partial charge in [-0.15, -0.1) is 0 Å². The van der Waals surface area contributed by atoms with Crippen molar-refractivity contribution in [3.05, 3.63) is 53.4 Å². The fourth-order valence-corrected chi connectivity index (χ4v) is 1.61. The highest BCUT2D eigenvalue weighted by atomic mass is 19.1. The lowest BCUT2D eigenvalue weighted by Gasteiger charge is -2.03. The van der Waals surface area contributed by atoms with Gasteiger partial charge >= 0.3 is 0 Å². The van der Waals surface area contributed by atoms with Gasteiger partial charge in [-0.25, -0.2) is 9.37 Å². The molecule has 0 aliphatic rings. The Balaban J connectivity index is 2.28. The van der Waals surface area contributed by atoms with Crippen LogP contribution in [0.2, 0.25) is 0 Å². The van der Waals surface area contributed by atoms with E-state index in [0.717, 1.165) is 6.07 Å². The second-order valence-corrected chi connectivity index (χ2v) is 3.73. The Kier molecular flexibility index (Phi) is 3.35. The molecule has 0 aliphatic heterocycles. The summed E-state index contributed by atoms with van der Waals surface area (Å²) in [5, 5.41) is 17.7. The number of halogens is 1. The number of carbonyl (C=O) groups excluding carboxylic acids is 1. The van der Waals surface area contributed by atoms with Crippen LogP contribution in [0.15, 0.2) is 30.6 Å². The van der Waals surface area contributed by atoms with E-state index in [1.807, 2.05) is 6.07 Å². The third kappa shape index (κ3) is 2.48. The predicted molar refractivity (Wildman–Crippen MR) is 62.4 cm³/mol. The van der Waals surface area contributed by atoms with E-state index in [4.69, 9.17) is 10.5 Å². The zero-order valence-corrected chi connectivity index (χ0v) is 9.67. The standard InChI is InChI=1S/C13H7FN4O/c14-10-3-1-2-9(4-10)13(19)7-18-8-17-11(5-15)12(18)6-16/h1-4,8H,7H2. The minimum absolute atomic E-state index is 0.0206. The van der Waals surface area contributed by atoms with Crippen LogP contribution in [0.1, 0.15) is 21.7 Å². The van der Waals surface area contributed by atoms with Gasteiger partial charge in [0, 0.05) is 5.56 Å². The van der Waals surface area contributed by atoms with Gasteiger partial charge in [-0.3, -0.25) is 4.79 Å². The molecule has 1 aromatic carbocycles. The van der Waals surface area contributed by atoms with Crippen LogP contribution < -0.4 is 0 Å². The second-order valence-electron chi connectivity index (χ2n) is 3.73. The first-order valence-corrected chi connectivity index (χ1v) is 5.30. The molecule has 0 amide bonds. The molecule has 1 aromatic heterocycles. The topological polar surface area (TPSA) is 82.5 Å². The van der Waals surface area contributed by atoms with Crippen LogP contribution >= 0.6 is 0 Å². The number of ketones is 1. The van der Waals surface area contributed by atoms with E-state index in [2.05, 4.69) is 4.98 Å². The maximum atomic E-state index is 13.0. The largest absolute Gasteiger partial charge is 0.313 e. The van der Waals surface area contributed by atoms with Crippen LogP contribution in [0.25, 0.3) is 0 Å². The smallest absolute Gasteiger partial charge is 0.182 e. The number of benzene rings is 1. The van der Waals surface area contributed by atoms with Crippen LogP contribution in [-0.4, -0.2) is 15.3 Å². The molecule has 0 radical (unpaired) electrons. The summed E-state index contributed by atoms with van der Waals surface area (Å²) < 4.78 is 14.3. The Hall–Kier alpha value is -2.99. The first-order valence-electron chi connectivity index (χ1n) is 5.30. The van der Waals surface area contributed by atoms with Crippen molar-refractivity contribution < 1.29 is 9.18 Å². The molecule has 0 fully saturated rings. The molecular weight excluding hydrogens is 247 g/mol. The minimum Gasteiger partial charge on any atom is -0.313 e. The molecule has 0 saturated heterocycles. The molecule has 2 aromatic rings. The zero-order valence-electron chi connectivity index (χ0n) is 9.67. The zero-order chi connectivity index (χ0) is 13.8. The van der Waals surface area contributed by atoms with Crippen LogP contribution in [0.5, 0.6) is 0 Å². The van der Waals surface area contributed by atoms with Crippen LogP contribution in [0.4, 0.5) is 4.39 Å². The molecule has 1 heterocycles. The number of carbonyl (C=O) groups is 1. The number of imidazole rings is 1. The first kappa shape index (κ1) is 12.5. The molecule has 0 unspecified atom stereocenters. The van der Waals surface area contributed by atoms with E-state index in [9.17, 15) is 9.18 Å². The van der Waals surface area contributed by atoms with Crippen molar-refractivity contribution in [2.75, 3.05) is 0 Å². The Morgan fingerprint density at radius 2 is 2.16 bits per heavy atom. The lowest BCUT2D eigenvalue weighted by atomic mass is 10.1. The molecule has 92 valence electrons. The summed E-state index contributed by atoms with van der Waals surface area (Å²) in [6, 6.07) is 8.86. The lowest BCUT2D eigenvalue weighted by Crippen LogP contribution is -2.11. The highest BCUT2D eigenvalue weighted by molar-refractivity contribution is 5.95. The van der Waals surface area contributed by atoms with E-state index in [0.29, 0.717) is 0 Å². The van der Waals surface area contributed by atoms with Gasteiger partial charge in [-0.2, -0.15) is 10.5 Å². The van der Waals surface area contributed by atoms with E-state index in [1.54, 1.807) is 6.07 Å². The van der Waals surface area contributed by atoms with Crippen molar-refractivity contribution in [2.24, 2.45) is 0 Å². The number of nitrogens with zero attached hydrogens (tertiary/aromatic N) is 4. The van der Waals surface area contributed by atoms with Crippen molar-refractivity contribution >= 4 is 5.78 Å². The summed E-state index contributed by atoms with van der Waals surface area (Å²) in [7, 11) is 0. The fourth-order valence-electron chi connectivity index (χ4n) is 1.61. The Labute approximate surface area is 108 Å². The molecule has 0 spiro atoms. The van der Waals surface area contributed by atoms with E-state index < -0.39 is 5.82 Å². The predicted octanol–water partition coefficient (Wildman–Crippen LogP) is 1.65. The summed E-state index contributed by atoms with van der Waals surface area (Å²) in [6.45, 7) is -0.166. The molecule has 19 heavy (non-hydrogen) atoms. The highest BCUT2D eigenvalue weighted by Gasteiger charge is 2.14. The van der Waals surface area contributed by atoms with Gasteiger partial charge in [0.25, 0.3) is 0 Å². The molecule has 0 N–H and O–H groups in total. The van der Waals surface area contributed by atoms with Crippen molar-refractivity contribution in [3.63, 3.8) is 0 Å². The van der Waals surface area contributed by atoms with E-state index in [-0.39, 0.29) is 29.3 Å². The third-order valence-corrected chi connectivity index (χ3v) is 2.51. The van der Waals surface area contributed by atoms with Crippen LogP contribution in [0.3, 0.4) is 0 Å². The quantitative estimate of drug-likeness (QED) is 0.779. The summed E-state index contributed by atoms with van der Waals surface area (Å²) in [5.41, 5.74) is 0.192. The molecule has 0 atom stereocenters. The van der Waals surface area contributed by atoms with Gasteiger partial charge in [-0.1, -0.05) is 12.1 Å². The summed E-state index contributed by atoms with van der Waals surface area (Å²) >= 11 is 0. The summed E-state index contributed by atoms with van der Waals surface area (Å²) in [6.07, 6.45) is 1.24. The molecule has 0 bridgehead atoms. The number of hydrogen-bond donors (Lipinski definition) is 0. The highest BCUT2D eigenvalue weighted by Crippen LogP contribution is 2.09. The van der Waals surface area contributed by atoms with Gasteiger partial charge in [0.15, 0.2) is 17.2 Å². The third-order valence-electron chi connectivity index (χ3n) is 2.51. The number of hydrogen-bond acceptors (Lipinski definition) is 4. The Morgan fingerprint density at radius 3 is 2.79 bits per heavy atom. The monoisotopic (exact) mass is 254 g/mol. The van der Waals surface area contributed by atoms with Crippen LogP contribution in [0, 0.1) is 28.5 Å². The average Bonchev–Trinajstić information content (AvgIpc) is 2.80. The van der Waals surface area contributed by atoms with Gasteiger partial charge in [-0.05, 0) is 12.1 Å². The van der Waals surface area contributed by atoms with Gasteiger partial charge in [0.05, 0.1) is 12.9 Å². The number of Topliss-reactive ketones (excluding diaryl/α,β-unsaturated/α-hetero) is 1. The maximum absolute atomic E-state index is 13.0. The van der Waals surface area contributed by atoms with E-state index >= 15 is 0 Å². The minimum atomic E-state index is -0.505. The van der Waals surface area contributed by atoms with Gasteiger partial charge in [0.1, 0.15) is 18.0 Å². The first-order chi connectivity index (χ1) is 9.15. The number of nitriles is 2. The van der Waals surface area contributed by atoms with Gasteiger partial charge in [0.2, 0.25) is 0 Å². The maximum Gasteiger partial charge on any atom is 0.182 e. The Bertz CT molecular complexity index is 721. The summed E-state index contributed by atoms with van der Waals surface area (Å²) in [5.74, 6) is -0.868. The van der Waals surface area contributed by atoms with Gasteiger partial charge < -0.3 is 4.57 Å². The van der Waals surface area contributed by atoms with Crippen molar-refractivity contribution in [3.8, 4) is 12.1 Å². The molecule has 5 nitrogen and oxygen atoms in total. The van der Waals surface area contributed by atoms with E-state index in [1.165, 1.54) is 29.1 Å². The fraction of sp³-hybridized carbons (Fsp3) is 0.0769. The molecule has 6 heteroatoms. The molecule has 0 saturated carbocycles. The molecule has 2 rings (SSSR count). The van der Waals surface area contributed by atoms with Crippen molar-refractivity contribution in [1.29, 1.82) is 10.5 Å². The van der Waals surface area contributed by atoms with Crippen molar-refractivity contribution in [1.82, 2.24) is 9.55 Å². The SMILES string of the molecule is N#Cc1ncn(CC(=O)c2cccc(F)c2)c1C#N. The Morgan fingerprint density at radius 1 is 1.37 bits per heavy atom. The lowest BCUT2D eigenvalue weighted by molar-refractivity contribution is 0.0971. The average molecular weight is 254 g/mol. The van der Waals surface area contributed by atoms with Crippen LogP contribution in [-0.2, 0) is 6.54 Å². The second kappa shape index (κ2) is 5.11. The normalized spacial score (nSPS) is 9.63. The van der Waals surface area contributed by atoms with Crippen molar-refractivity contribution in [2.45, 2.75) is 6.54 Å². The number of aromatic nitrogens is 2. The number of rotatable bonds is 3. The molecular formula is C13H7FN4O.